The fourth-order valence-electron chi connectivity index (χ4n) is 4.52. The molecule has 0 saturated carbocycles. The standard InChI is InChI=1S/C25H17Cl2FN4O2/c1-33-16-6-2-13(3-7-16)24-21-22(18-11-15(28)5-9-20(18)34-24)31-25-29-12-30-32(25)23(21)17-8-4-14(26)10-19(17)27/h2-12,23-24H,1H3,(H,29,30,31)/t23-,24-/m1/s1. The van der Waals surface area contributed by atoms with Crippen LogP contribution in [0.2, 0.25) is 10.0 Å². The second-order valence-corrected chi connectivity index (χ2v) is 8.81. The molecule has 2 atom stereocenters. The first kappa shape index (κ1) is 21.0. The van der Waals surface area contributed by atoms with E-state index < -0.39 is 12.1 Å². The second-order valence-electron chi connectivity index (χ2n) is 7.96. The van der Waals surface area contributed by atoms with Crippen LogP contribution in [0.3, 0.4) is 0 Å². The minimum Gasteiger partial charge on any atom is -0.497 e. The first-order chi connectivity index (χ1) is 16.5. The molecule has 170 valence electrons. The molecule has 1 N–H and O–H groups in total. The molecular weight excluding hydrogens is 478 g/mol. The summed E-state index contributed by atoms with van der Waals surface area (Å²) < 4.78 is 27.9. The lowest BCUT2D eigenvalue weighted by Gasteiger charge is -2.39. The summed E-state index contributed by atoms with van der Waals surface area (Å²) in [4.78, 5) is 4.37. The van der Waals surface area contributed by atoms with Crippen molar-refractivity contribution < 1.29 is 13.9 Å². The lowest BCUT2D eigenvalue weighted by molar-refractivity contribution is 0.222. The number of nitrogens with zero attached hydrogens (tertiary/aromatic N) is 3. The van der Waals surface area contributed by atoms with E-state index in [0.717, 1.165) is 22.4 Å². The van der Waals surface area contributed by atoms with Gasteiger partial charge in [0.05, 0.1) is 12.8 Å². The van der Waals surface area contributed by atoms with Crippen LogP contribution in [-0.4, -0.2) is 21.9 Å². The van der Waals surface area contributed by atoms with Crippen molar-refractivity contribution in [3.8, 4) is 11.5 Å². The van der Waals surface area contributed by atoms with Gasteiger partial charge in [-0.15, -0.1) is 0 Å². The van der Waals surface area contributed by atoms with Gasteiger partial charge in [-0.3, -0.25) is 0 Å². The number of rotatable bonds is 3. The predicted octanol–water partition coefficient (Wildman–Crippen LogP) is 6.29. The summed E-state index contributed by atoms with van der Waals surface area (Å²) in [6.07, 6.45) is 0.952. The summed E-state index contributed by atoms with van der Waals surface area (Å²) in [6, 6.07) is 17.0. The van der Waals surface area contributed by atoms with Gasteiger partial charge in [-0.2, -0.15) is 10.1 Å². The molecule has 3 heterocycles. The van der Waals surface area contributed by atoms with Crippen LogP contribution in [0.5, 0.6) is 11.5 Å². The van der Waals surface area contributed by atoms with E-state index >= 15 is 0 Å². The van der Waals surface area contributed by atoms with E-state index in [4.69, 9.17) is 32.7 Å². The highest BCUT2D eigenvalue weighted by molar-refractivity contribution is 6.35. The molecule has 0 saturated heterocycles. The summed E-state index contributed by atoms with van der Waals surface area (Å²) in [5, 5.41) is 8.81. The van der Waals surface area contributed by atoms with Gasteiger partial charge < -0.3 is 14.8 Å². The summed E-state index contributed by atoms with van der Waals surface area (Å²) in [5.74, 6) is 1.43. The minimum atomic E-state index is -0.513. The van der Waals surface area contributed by atoms with Gasteiger partial charge in [0.15, 0.2) is 0 Å². The molecule has 0 fully saturated rings. The van der Waals surface area contributed by atoms with Gasteiger partial charge in [-0.25, -0.2) is 9.07 Å². The zero-order valence-electron chi connectivity index (χ0n) is 17.8. The first-order valence-corrected chi connectivity index (χ1v) is 11.2. The Hall–Kier alpha value is -3.55. The average Bonchev–Trinajstić information content (AvgIpc) is 3.31. The van der Waals surface area contributed by atoms with Crippen LogP contribution in [-0.2, 0) is 0 Å². The predicted molar refractivity (Wildman–Crippen MR) is 128 cm³/mol. The van der Waals surface area contributed by atoms with Gasteiger partial charge >= 0.3 is 0 Å². The maximum Gasteiger partial charge on any atom is 0.226 e. The van der Waals surface area contributed by atoms with Crippen molar-refractivity contribution in [2.45, 2.75) is 12.1 Å². The van der Waals surface area contributed by atoms with Gasteiger partial charge in [0.1, 0.15) is 35.8 Å². The zero-order chi connectivity index (χ0) is 23.4. The highest BCUT2D eigenvalue weighted by atomic mass is 35.5. The van der Waals surface area contributed by atoms with Crippen molar-refractivity contribution >= 4 is 34.8 Å². The third-order valence-electron chi connectivity index (χ3n) is 6.05. The van der Waals surface area contributed by atoms with E-state index in [1.807, 2.05) is 30.3 Å². The normalized spacial score (nSPS) is 18.4. The van der Waals surface area contributed by atoms with Gasteiger partial charge in [0.2, 0.25) is 5.95 Å². The lowest BCUT2D eigenvalue weighted by atomic mass is 9.84. The Bertz CT molecular complexity index is 1450. The molecule has 2 aliphatic heterocycles. The molecule has 3 aromatic carbocycles. The molecule has 0 bridgehead atoms. The third kappa shape index (κ3) is 3.31. The number of benzene rings is 3. The Morgan fingerprint density at radius 2 is 1.88 bits per heavy atom. The molecular formula is C25H17Cl2FN4O2. The van der Waals surface area contributed by atoms with Crippen LogP contribution in [0.4, 0.5) is 10.3 Å². The molecule has 1 aromatic heterocycles. The van der Waals surface area contributed by atoms with E-state index in [1.165, 1.54) is 18.5 Å². The highest BCUT2D eigenvalue weighted by Gasteiger charge is 2.41. The summed E-state index contributed by atoms with van der Waals surface area (Å²) in [6.45, 7) is 0. The van der Waals surface area contributed by atoms with Crippen LogP contribution in [0.15, 0.2) is 72.6 Å². The maximum absolute atomic E-state index is 14.3. The zero-order valence-corrected chi connectivity index (χ0v) is 19.3. The molecule has 0 spiro atoms. The highest BCUT2D eigenvalue weighted by Crippen LogP contribution is 2.51. The van der Waals surface area contributed by atoms with Gasteiger partial charge in [-0.1, -0.05) is 41.4 Å². The van der Waals surface area contributed by atoms with Crippen LogP contribution < -0.4 is 14.8 Å². The third-order valence-corrected chi connectivity index (χ3v) is 6.61. The maximum atomic E-state index is 14.3. The fourth-order valence-corrected chi connectivity index (χ4v) is 5.03. The van der Waals surface area contributed by atoms with E-state index in [0.29, 0.717) is 33.0 Å². The second kappa shape index (κ2) is 8.04. The number of aromatic nitrogens is 3. The Morgan fingerprint density at radius 1 is 1.06 bits per heavy atom. The molecule has 4 aromatic rings. The number of anilines is 1. The van der Waals surface area contributed by atoms with Crippen molar-refractivity contribution in [3.05, 3.63) is 105 Å². The summed E-state index contributed by atoms with van der Waals surface area (Å²) >= 11 is 12.9. The van der Waals surface area contributed by atoms with Crippen LogP contribution in [0, 0.1) is 5.82 Å². The quantitative estimate of drug-likeness (QED) is 0.362. The average molecular weight is 495 g/mol. The monoisotopic (exact) mass is 494 g/mol. The molecule has 0 amide bonds. The lowest BCUT2D eigenvalue weighted by Crippen LogP contribution is -2.32. The topological polar surface area (TPSA) is 61.2 Å². The molecule has 2 aliphatic rings. The van der Waals surface area contributed by atoms with E-state index in [-0.39, 0.29) is 5.82 Å². The number of ether oxygens (including phenoxy) is 2. The molecule has 9 heteroatoms. The van der Waals surface area contributed by atoms with Gasteiger partial charge in [0, 0.05) is 21.2 Å². The molecule has 0 unspecified atom stereocenters. The smallest absolute Gasteiger partial charge is 0.226 e. The molecule has 34 heavy (non-hydrogen) atoms. The number of fused-ring (bicyclic) bond motifs is 3. The van der Waals surface area contributed by atoms with Crippen molar-refractivity contribution in [3.63, 3.8) is 0 Å². The van der Waals surface area contributed by atoms with E-state index in [2.05, 4.69) is 15.4 Å². The van der Waals surface area contributed by atoms with Crippen LogP contribution in [0.1, 0.15) is 28.8 Å². The van der Waals surface area contributed by atoms with Crippen molar-refractivity contribution in [2.75, 3.05) is 12.4 Å². The molecule has 6 nitrogen and oxygen atoms in total. The Balaban J connectivity index is 1.63. The van der Waals surface area contributed by atoms with Crippen LogP contribution >= 0.6 is 23.2 Å². The minimum absolute atomic E-state index is 0.369. The number of hydrogen-bond donors (Lipinski definition) is 1. The van der Waals surface area contributed by atoms with Crippen molar-refractivity contribution in [2.24, 2.45) is 0 Å². The van der Waals surface area contributed by atoms with Gasteiger partial charge in [0.25, 0.3) is 0 Å². The van der Waals surface area contributed by atoms with Crippen LogP contribution in [0.25, 0.3) is 5.70 Å². The molecule has 0 aliphatic carbocycles. The van der Waals surface area contributed by atoms with E-state index in [9.17, 15) is 4.39 Å². The van der Waals surface area contributed by atoms with Crippen molar-refractivity contribution in [1.82, 2.24) is 14.8 Å². The van der Waals surface area contributed by atoms with Crippen molar-refractivity contribution in [1.29, 1.82) is 0 Å². The number of methoxy groups -OCH3 is 1. The number of hydrogen-bond acceptors (Lipinski definition) is 5. The summed E-state index contributed by atoms with van der Waals surface area (Å²) in [7, 11) is 1.62. The Morgan fingerprint density at radius 3 is 2.65 bits per heavy atom. The molecule has 0 radical (unpaired) electrons. The SMILES string of the molecule is COc1ccc([C@H]2Oc3ccc(F)cc3C3=C2[C@@H](c2ccc(Cl)cc2Cl)n2ncnc2N3)cc1. The largest absolute Gasteiger partial charge is 0.497 e. The van der Waals surface area contributed by atoms with E-state index in [1.54, 1.807) is 30.0 Å². The van der Waals surface area contributed by atoms with Gasteiger partial charge in [-0.05, 0) is 53.6 Å². The summed E-state index contributed by atoms with van der Waals surface area (Å²) in [5.41, 5.74) is 3.80. The number of halogens is 3. The Kier molecular flexibility index (Phi) is 4.97. The molecule has 6 rings (SSSR count). The first-order valence-electron chi connectivity index (χ1n) is 10.5. The number of nitrogens with one attached hydrogen (secondary N) is 1. The Labute approximate surface area is 204 Å². The fraction of sp³-hybridized carbons (Fsp3) is 0.120.